The van der Waals surface area contributed by atoms with Crippen LogP contribution in [0.4, 0.5) is 11.4 Å². The molecule has 0 spiro atoms. The molecule has 2 aromatic rings. The minimum Gasteiger partial charge on any atom is -0.353 e. The molecule has 0 atom stereocenters. The second-order valence-corrected chi connectivity index (χ2v) is 3.64. The summed E-state index contributed by atoms with van der Waals surface area (Å²) in [6.45, 7) is 0. The van der Waals surface area contributed by atoms with Crippen LogP contribution in [0.25, 0.3) is 0 Å². The van der Waals surface area contributed by atoms with Crippen LogP contribution in [-0.4, -0.2) is 9.97 Å². The largest absolute Gasteiger partial charge is 0.353 e. The molecule has 0 saturated heterocycles. The number of pyridine rings is 2. The maximum absolute atomic E-state index is 5.67. The summed E-state index contributed by atoms with van der Waals surface area (Å²) in [5.74, 6) is 0. The van der Waals surface area contributed by atoms with Gasteiger partial charge in [-0.1, -0.05) is 23.2 Å². The van der Waals surface area contributed by atoms with E-state index in [-0.39, 0.29) is 0 Å². The van der Waals surface area contributed by atoms with E-state index in [2.05, 4.69) is 15.3 Å². The summed E-state index contributed by atoms with van der Waals surface area (Å²) < 4.78 is 0. The number of nitrogens with one attached hydrogen (secondary N) is 1. The third kappa shape index (κ3) is 2.81. The number of anilines is 2. The Labute approximate surface area is 97.1 Å². The fraction of sp³-hybridized carbons (Fsp3) is 0. The van der Waals surface area contributed by atoms with Gasteiger partial charge in [0.05, 0.1) is 23.8 Å². The molecule has 0 aromatic carbocycles. The van der Waals surface area contributed by atoms with Crippen molar-refractivity contribution in [3.8, 4) is 0 Å². The van der Waals surface area contributed by atoms with E-state index < -0.39 is 0 Å². The lowest BCUT2D eigenvalue weighted by molar-refractivity contribution is 1.30. The summed E-state index contributed by atoms with van der Waals surface area (Å²) in [7, 11) is 0. The van der Waals surface area contributed by atoms with Crippen molar-refractivity contribution in [3.05, 3.63) is 47.0 Å². The minimum atomic E-state index is 0.467. The van der Waals surface area contributed by atoms with Crippen molar-refractivity contribution in [1.29, 1.82) is 0 Å². The SMILES string of the molecule is Clc1ccc(Nc2ccc(Cl)nc2)cn1. The van der Waals surface area contributed by atoms with Gasteiger partial charge in [-0.3, -0.25) is 0 Å². The normalized spacial score (nSPS) is 10.0. The number of hydrogen-bond acceptors (Lipinski definition) is 3. The van der Waals surface area contributed by atoms with E-state index in [0.717, 1.165) is 11.4 Å². The fourth-order valence-corrected chi connectivity index (χ4v) is 1.29. The zero-order chi connectivity index (χ0) is 10.7. The molecule has 0 fully saturated rings. The molecular formula is C10H7Cl2N3. The van der Waals surface area contributed by atoms with Gasteiger partial charge in [-0.2, -0.15) is 0 Å². The van der Waals surface area contributed by atoms with Gasteiger partial charge < -0.3 is 5.32 Å². The predicted molar refractivity (Wildman–Crippen MR) is 61.8 cm³/mol. The molecule has 76 valence electrons. The van der Waals surface area contributed by atoms with Crippen LogP contribution in [0.2, 0.25) is 10.3 Å². The first-order valence-corrected chi connectivity index (χ1v) is 5.00. The van der Waals surface area contributed by atoms with Crippen molar-refractivity contribution in [3.63, 3.8) is 0 Å². The number of rotatable bonds is 2. The molecule has 1 N–H and O–H groups in total. The first-order chi connectivity index (χ1) is 7.24. The van der Waals surface area contributed by atoms with Gasteiger partial charge in [0.15, 0.2) is 0 Å². The quantitative estimate of drug-likeness (QED) is 0.816. The highest BCUT2D eigenvalue weighted by Crippen LogP contribution is 2.17. The van der Waals surface area contributed by atoms with Gasteiger partial charge >= 0.3 is 0 Å². The van der Waals surface area contributed by atoms with Crippen LogP contribution in [-0.2, 0) is 0 Å². The maximum Gasteiger partial charge on any atom is 0.129 e. The highest BCUT2D eigenvalue weighted by Gasteiger charge is 1.96. The molecule has 0 amide bonds. The summed E-state index contributed by atoms with van der Waals surface area (Å²) >= 11 is 11.3. The van der Waals surface area contributed by atoms with E-state index in [1.807, 2.05) is 12.1 Å². The monoisotopic (exact) mass is 239 g/mol. The van der Waals surface area contributed by atoms with Crippen molar-refractivity contribution in [1.82, 2.24) is 9.97 Å². The Kier molecular flexibility index (Phi) is 3.04. The van der Waals surface area contributed by atoms with Crippen molar-refractivity contribution in [2.45, 2.75) is 0 Å². The fourth-order valence-electron chi connectivity index (χ4n) is 1.07. The van der Waals surface area contributed by atoms with Gasteiger partial charge in [0.1, 0.15) is 10.3 Å². The molecule has 2 rings (SSSR count). The lowest BCUT2D eigenvalue weighted by Gasteiger charge is -2.04. The second kappa shape index (κ2) is 4.47. The van der Waals surface area contributed by atoms with Crippen molar-refractivity contribution >= 4 is 34.6 Å². The van der Waals surface area contributed by atoms with Crippen molar-refractivity contribution in [2.75, 3.05) is 5.32 Å². The Hall–Kier alpha value is -1.32. The molecule has 0 radical (unpaired) electrons. The third-order valence-electron chi connectivity index (χ3n) is 1.74. The summed E-state index contributed by atoms with van der Waals surface area (Å²) in [5, 5.41) is 4.05. The number of halogens is 2. The van der Waals surface area contributed by atoms with Crippen LogP contribution in [0, 0.1) is 0 Å². The van der Waals surface area contributed by atoms with E-state index in [0.29, 0.717) is 10.3 Å². The third-order valence-corrected chi connectivity index (χ3v) is 2.19. The summed E-state index contributed by atoms with van der Waals surface area (Å²) in [6.07, 6.45) is 3.30. The van der Waals surface area contributed by atoms with E-state index in [1.165, 1.54) is 0 Å². The standard InChI is InChI=1S/C10H7Cl2N3/c11-9-3-1-7(5-13-9)15-8-2-4-10(12)14-6-8/h1-6,15H. The zero-order valence-electron chi connectivity index (χ0n) is 7.61. The summed E-state index contributed by atoms with van der Waals surface area (Å²) in [4.78, 5) is 7.90. The second-order valence-electron chi connectivity index (χ2n) is 2.86. The summed E-state index contributed by atoms with van der Waals surface area (Å²) in [5.41, 5.74) is 1.70. The molecule has 2 heterocycles. The van der Waals surface area contributed by atoms with Gasteiger partial charge in [-0.15, -0.1) is 0 Å². The van der Waals surface area contributed by atoms with Crippen LogP contribution < -0.4 is 5.32 Å². The van der Waals surface area contributed by atoms with Crippen LogP contribution in [0.5, 0.6) is 0 Å². The highest BCUT2D eigenvalue weighted by atomic mass is 35.5. The molecule has 15 heavy (non-hydrogen) atoms. The Morgan fingerprint density at radius 2 is 1.27 bits per heavy atom. The van der Waals surface area contributed by atoms with Gasteiger partial charge in [-0.05, 0) is 24.3 Å². The lowest BCUT2D eigenvalue weighted by Crippen LogP contribution is -1.91. The van der Waals surface area contributed by atoms with Crippen LogP contribution >= 0.6 is 23.2 Å². The Morgan fingerprint density at radius 1 is 0.800 bits per heavy atom. The highest BCUT2D eigenvalue weighted by molar-refractivity contribution is 6.29. The van der Waals surface area contributed by atoms with E-state index >= 15 is 0 Å². The Bertz CT molecular complexity index is 396. The molecule has 5 heteroatoms. The van der Waals surface area contributed by atoms with Crippen LogP contribution in [0.3, 0.4) is 0 Å². The van der Waals surface area contributed by atoms with Gasteiger partial charge in [0.2, 0.25) is 0 Å². The van der Waals surface area contributed by atoms with Crippen molar-refractivity contribution < 1.29 is 0 Å². The molecule has 0 bridgehead atoms. The number of hydrogen-bond donors (Lipinski definition) is 1. The summed E-state index contributed by atoms with van der Waals surface area (Å²) in [6, 6.07) is 7.11. The lowest BCUT2D eigenvalue weighted by atomic mass is 10.3. The number of aromatic nitrogens is 2. The van der Waals surface area contributed by atoms with Gasteiger partial charge in [0, 0.05) is 0 Å². The van der Waals surface area contributed by atoms with Crippen LogP contribution in [0.15, 0.2) is 36.7 Å². The molecule has 0 saturated carbocycles. The zero-order valence-corrected chi connectivity index (χ0v) is 9.13. The van der Waals surface area contributed by atoms with Gasteiger partial charge in [-0.25, -0.2) is 9.97 Å². The topological polar surface area (TPSA) is 37.8 Å². The Balaban J connectivity index is 2.15. The van der Waals surface area contributed by atoms with Crippen LogP contribution in [0.1, 0.15) is 0 Å². The minimum absolute atomic E-state index is 0.467. The van der Waals surface area contributed by atoms with Gasteiger partial charge in [0.25, 0.3) is 0 Å². The number of nitrogens with zero attached hydrogens (tertiary/aromatic N) is 2. The predicted octanol–water partition coefficient (Wildman–Crippen LogP) is 3.53. The first-order valence-electron chi connectivity index (χ1n) is 4.24. The molecule has 3 nitrogen and oxygen atoms in total. The van der Waals surface area contributed by atoms with E-state index in [4.69, 9.17) is 23.2 Å². The molecular weight excluding hydrogens is 233 g/mol. The van der Waals surface area contributed by atoms with E-state index in [9.17, 15) is 0 Å². The molecule has 2 aromatic heterocycles. The average Bonchev–Trinajstić information content (AvgIpc) is 2.25. The average molecular weight is 240 g/mol. The molecule has 0 aliphatic carbocycles. The first kappa shape index (κ1) is 10.2. The molecule has 0 aliphatic rings. The Morgan fingerprint density at radius 3 is 1.60 bits per heavy atom. The smallest absolute Gasteiger partial charge is 0.129 e. The molecule has 0 aliphatic heterocycles. The van der Waals surface area contributed by atoms with Crippen molar-refractivity contribution in [2.24, 2.45) is 0 Å². The molecule has 0 unspecified atom stereocenters. The maximum atomic E-state index is 5.67. The van der Waals surface area contributed by atoms with E-state index in [1.54, 1.807) is 24.5 Å².